The molecule has 0 spiro atoms. The van der Waals surface area contributed by atoms with E-state index in [-0.39, 0.29) is 16.6 Å². The van der Waals surface area contributed by atoms with Crippen LogP contribution in [0.15, 0.2) is 60.7 Å². The van der Waals surface area contributed by atoms with Crippen LogP contribution < -0.4 is 9.05 Å². The van der Waals surface area contributed by atoms with Crippen LogP contribution in [0.1, 0.15) is 26.7 Å². The Labute approximate surface area is 159 Å². The minimum Gasteiger partial charge on any atom is -0.404 e. The molecule has 142 valence electrons. The van der Waals surface area contributed by atoms with E-state index in [1.165, 1.54) is 0 Å². The summed E-state index contributed by atoms with van der Waals surface area (Å²) in [5, 5.41) is 0. The first-order valence-corrected chi connectivity index (χ1v) is 10.7. The van der Waals surface area contributed by atoms with Crippen LogP contribution in [-0.2, 0) is 9.36 Å². The number of fused-ring (bicyclic) bond motifs is 1. The Morgan fingerprint density at radius 3 is 2.00 bits per heavy atom. The first-order chi connectivity index (χ1) is 12.8. The van der Waals surface area contributed by atoms with Crippen LogP contribution in [0.5, 0.6) is 11.5 Å². The second-order valence-corrected chi connectivity index (χ2v) is 9.86. The van der Waals surface area contributed by atoms with Gasteiger partial charge in [0.15, 0.2) is 0 Å². The number of para-hydroxylation sites is 2. The highest BCUT2D eigenvalue weighted by Gasteiger charge is 2.71. The van der Waals surface area contributed by atoms with Crippen LogP contribution in [0.25, 0.3) is 0 Å². The Morgan fingerprint density at radius 2 is 1.52 bits per heavy atom. The summed E-state index contributed by atoms with van der Waals surface area (Å²) < 4.78 is 27.5. The van der Waals surface area contributed by atoms with E-state index in [1.807, 2.05) is 36.4 Å². The predicted molar refractivity (Wildman–Crippen MR) is 104 cm³/mol. The van der Waals surface area contributed by atoms with E-state index >= 15 is 0 Å². The van der Waals surface area contributed by atoms with E-state index in [0.717, 1.165) is 6.42 Å². The Hall–Kier alpha value is -2.10. The number of hydrogen-bond donors (Lipinski definition) is 0. The molecule has 0 radical (unpaired) electrons. The van der Waals surface area contributed by atoms with Crippen molar-refractivity contribution in [3.63, 3.8) is 0 Å². The predicted octanol–water partition coefficient (Wildman–Crippen LogP) is 4.94. The van der Waals surface area contributed by atoms with Crippen molar-refractivity contribution in [1.29, 1.82) is 0 Å². The number of nitrogens with zero attached hydrogens (tertiary/aromatic N) is 1. The van der Waals surface area contributed by atoms with Crippen LogP contribution in [0.2, 0.25) is 0 Å². The third-order valence-electron chi connectivity index (χ3n) is 5.76. The normalized spacial score (nSPS) is 27.0. The van der Waals surface area contributed by atoms with Gasteiger partial charge >= 0.3 is 7.75 Å². The Bertz CT molecular complexity index is 842. The highest BCUT2D eigenvalue weighted by Crippen LogP contribution is 2.74. The van der Waals surface area contributed by atoms with Gasteiger partial charge in [-0.2, -0.15) is 4.67 Å². The maximum Gasteiger partial charge on any atom is 0.515 e. The number of carbonyl (C=O) groups excluding carboxylic acids is 1. The molecule has 0 amide bonds. The van der Waals surface area contributed by atoms with Gasteiger partial charge in [-0.1, -0.05) is 43.3 Å². The fraction of sp³-hybridized carbons (Fsp3) is 0.381. The molecule has 6 heteroatoms. The van der Waals surface area contributed by atoms with E-state index < -0.39 is 7.75 Å². The monoisotopic (exact) mass is 385 g/mol. The van der Waals surface area contributed by atoms with Gasteiger partial charge in [0.2, 0.25) is 0 Å². The van der Waals surface area contributed by atoms with Gasteiger partial charge in [0.1, 0.15) is 17.3 Å². The highest BCUT2D eigenvalue weighted by molar-refractivity contribution is 7.52. The lowest BCUT2D eigenvalue weighted by molar-refractivity contribution is -0.118. The summed E-state index contributed by atoms with van der Waals surface area (Å²) in [5.74, 6) is 1.18. The molecule has 4 rings (SSSR count). The Kier molecular flexibility index (Phi) is 4.40. The lowest BCUT2D eigenvalue weighted by Gasteiger charge is -2.29. The summed E-state index contributed by atoms with van der Waals surface area (Å²) in [4.78, 5) is 11.8. The molecule has 0 bridgehead atoms. The molecular weight excluding hydrogens is 361 g/mol. The summed E-state index contributed by atoms with van der Waals surface area (Å²) in [5.41, 5.74) is -0.136. The number of hydrogen-bond acceptors (Lipinski definition) is 4. The molecule has 2 aromatic rings. The fourth-order valence-electron chi connectivity index (χ4n) is 4.33. The number of carbonyl (C=O) groups is 1. The fourth-order valence-corrected chi connectivity index (χ4v) is 6.30. The van der Waals surface area contributed by atoms with Gasteiger partial charge in [-0.05, 0) is 48.4 Å². The third kappa shape index (κ3) is 3.42. The molecule has 0 unspecified atom stereocenters. The van der Waals surface area contributed by atoms with Crippen molar-refractivity contribution in [3.8, 4) is 11.5 Å². The summed E-state index contributed by atoms with van der Waals surface area (Å²) in [6, 6.07) is 18.2. The van der Waals surface area contributed by atoms with Crippen molar-refractivity contribution >= 4 is 13.5 Å². The summed E-state index contributed by atoms with van der Waals surface area (Å²) in [6.45, 7) is 4.92. The number of rotatable bonds is 7. The maximum atomic E-state index is 13.9. The molecule has 0 N–H and O–H groups in total. The van der Waals surface area contributed by atoms with Gasteiger partial charge in [-0.15, -0.1) is 0 Å². The van der Waals surface area contributed by atoms with Crippen LogP contribution in [-0.4, -0.2) is 23.5 Å². The van der Waals surface area contributed by atoms with Crippen molar-refractivity contribution in [1.82, 2.24) is 4.67 Å². The molecule has 27 heavy (non-hydrogen) atoms. The van der Waals surface area contributed by atoms with Crippen molar-refractivity contribution in [3.05, 3.63) is 60.7 Å². The zero-order valence-corrected chi connectivity index (χ0v) is 16.5. The van der Waals surface area contributed by atoms with E-state index in [4.69, 9.17) is 9.05 Å². The van der Waals surface area contributed by atoms with Crippen LogP contribution >= 0.6 is 7.75 Å². The Balaban J connectivity index is 1.63. The Morgan fingerprint density at radius 1 is 1.00 bits per heavy atom. The van der Waals surface area contributed by atoms with Crippen molar-refractivity contribution in [2.75, 3.05) is 13.1 Å². The maximum absolute atomic E-state index is 13.9. The minimum absolute atomic E-state index is 0.0194. The highest BCUT2D eigenvalue weighted by atomic mass is 31.2. The van der Waals surface area contributed by atoms with Crippen molar-refractivity contribution in [2.45, 2.75) is 26.7 Å². The molecule has 2 fully saturated rings. The van der Waals surface area contributed by atoms with E-state index in [2.05, 4.69) is 6.92 Å². The molecule has 1 aliphatic carbocycles. The molecule has 1 saturated carbocycles. The standard InChI is InChI=1S/C21H24NO4P/c1-17(23)13-21-14-20(21,2)15-22(16-21)27(24,25-18-9-5-3-6-10-18)26-19-11-7-4-8-12-19/h3-12H,13-16H2,1-2H3/t20-,21+/m0/s1. The first kappa shape index (κ1) is 18.3. The molecule has 2 aromatic carbocycles. The SMILES string of the molecule is CC(=O)C[C@@]12CN(P(=O)(Oc3ccccc3)Oc3ccccc3)C[C@]1(C)C2. The molecule has 1 saturated heterocycles. The molecule has 1 heterocycles. The van der Waals surface area contributed by atoms with E-state index in [0.29, 0.717) is 31.0 Å². The number of ketones is 1. The molecular formula is C21H24NO4P. The smallest absolute Gasteiger partial charge is 0.404 e. The topological polar surface area (TPSA) is 55.8 Å². The zero-order valence-electron chi connectivity index (χ0n) is 15.6. The summed E-state index contributed by atoms with van der Waals surface area (Å²) >= 11 is 0. The second kappa shape index (κ2) is 6.50. The molecule has 2 atom stereocenters. The van der Waals surface area contributed by atoms with Gasteiger partial charge in [0, 0.05) is 19.5 Å². The van der Waals surface area contributed by atoms with Crippen LogP contribution in [0.4, 0.5) is 0 Å². The lowest BCUT2D eigenvalue weighted by atomic mass is 9.93. The second-order valence-electron chi connectivity index (χ2n) is 8.00. The summed E-state index contributed by atoms with van der Waals surface area (Å²) in [6.07, 6.45) is 1.49. The van der Waals surface area contributed by atoms with Crippen LogP contribution in [0.3, 0.4) is 0 Å². The van der Waals surface area contributed by atoms with Crippen molar-refractivity contribution < 1.29 is 18.4 Å². The number of piperidine rings is 1. The van der Waals surface area contributed by atoms with Crippen LogP contribution in [0, 0.1) is 10.8 Å². The quantitative estimate of drug-likeness (QED) is 0.632. The van der Waals surface area contributed by atoms with Gasteiger partial charge in [0.05, 0.1) is 0 Å². The number of Topliss-reactive ketones (excluding diaryl/α,β-unsaturated/α-hetero) is 1. The average Bonchev–Trinajstić information content (AvgIpc) is 3.05. The molecule has 5 nitrogen and oxygen atoms in total. The van der Waals surface area contributed by atoms with Gasteiger partial charge < -0.3 is 13.8 Å². The third-order valence-corrected chi connectivity index (χ3v) is 7.62. The average molecular weight is 385 g/mol. The molecule has 1 aliphatic heterocycles. The van der Waals surface area contributed by atoms with Gasteiger partial charge in [0.25, 0.3) is 0 Å². The van der Waals surface area contributed by atoms with Gasteiger partial charge in [-0.3, -0.25) is 0 Å². The zero-order chi connectivity index (χ0) is 19.1. The van der Waals surface area contributed by atoms with E-state index in [9.17, 15) is 9.36 Å². The molecule has 2 aliphatic rings. The van der Waals surface area contributed by atoms with E-state index in [1.54, 1.807) is 35.9 Å². The minimum atomic E-state index is -3.62. The largest absolute Gasteiger partial charge is 0.515 e. The molecule has 0 aromatic heterocycles. The number of benzene rings is 2. The lowest BCUT2D eigenvalue weighted by Crippen LogP contribution is -2.28. The first-order valence-electron chi connectivity index (χ1n) is 9.19. The van der Waals surface area contributed by atoms with Crippen molar-refractivity contribution in [2.24, 2.45) is 10.8 Å². The summed E-state index contributed by atoms with van der Waals surface area (Å²) in [7, 11) is -3.62. The van der Waals surface area contributed by atoms with Gasteiger partial charge in [-0.25, -0.2) is 4.57 Å².